The maximum Gasteiger partial charge on any atom is 0.190 e. The van der Waals surface area contributed by atoms with E-state index in [-0.39, 0.29) is 11.3 Å². The van der Waals surface area contributed by atoms with Crippen LogP contribution in [0.15, 0.2) is 0 Å². The van der Waals surface area contributed by atoms with Gasteiger partial charge in [-0.3, -0.25) is 0 Å². The van der Waals surface area contributed by atoms with Gasteiger partial charge in [-0.15, -0.1) is 0 Å². The van der Waals surface area contributed by atoms with Crippen molar-refractivity contribution in [2.45, 2.75) is 18.2 Å². The number of hydrogen-bond acceptors (Lipinski definition) is 3. The normalized spacial score (nSPS) is 82.0. The Balaban J connectivity index is 1.65. The number of hydrogen-bond donors (Lipinski definition) is 1. The van der Waals surface area contributed by atoms with Gasteiger partial charge in [-0.05, 0) is 35.0 Å². The SMILES string of the molecule is CC12C3[C@H]4[C@H]1C1[C@@H]2[C@H]3C4(N)C12OCCO2. The number of ether oxygens (including phenoxy) is 2. The summed E-state index contributed by atoms with van der Waals surface area (Å²) in [5.74, 6) is 4.47. The third kappa shape index (κ3) is 0.323. The fraction of sp³-hybridized carbons (Fsp3) is 1.00. The van der Waals surface area contributed by atoms with Crippen LogP contribution in [0.1, 0.15) is 6.92 Å². The molecule has 4 atom stereocenters. The Morgan fingerprint density at radius 3 is 2.00 bits per heavy atom. The minimum absolute atomic E-state index is 0.0775. The minimum atomic E-state index is -0.329. The Bertz CT molecular complexity index is 407. The van der Waals surface area contributed by atoms with E-state index in [1.807, 2.05) is 0 Å². The Morgan fingerprint density at radius 1 is 0.933 bits per heavy atom. The minimum Gasteiger partial charge on any atom is -0.345 e. The van der Waals surface area contributed by atoms with Crippen LogP contribution in [0.25, 0.3) is 0 Å². The summed E-state index contributed by atoms with van der Waals surface area (Å²) in [6.45, 7) is 4.00. The molecule has 6 aliphatic carbocycles. The molecule has 1 heterocycles. The highest BCUT2D eigenvalue weighted by molar-refractivity contribution is 5.54. The van der Waals surface area contributed by atoms with Gasteiger partial charge in [0.15, 0.2) is 5.79 Å². The molecule has 7 fully saturated rings. The van der Waals surface area contributed by atoms with Crippen molar-refractivity contribution in [1.29, 1.82) is 0 Å². The number of rotatable bonds is 0. The van der Waals surface area contributed by atoms with Crippen molar-refractivity contribution in [3.8, 4) is 0 Å². The molecule has 80 valence electrons. The van der Waals surface area contributed by atoms with Crippen LogP contribution in [-0.2, 0) is 9.47 Å². The van der Waals surface area contributed by atoms with Crippen molar-refractivity contribution in [1.82, 2.24) is 0 Å². The molecule has 0 amide bonds. The molecule has 0 aromatic carbocycles. The van der Waals surface area contributed by atoms with E-state index in [2.05, 4.69) is 6.92 Å². The smallest absolute Gasteiger partial charge is 0.190 e. The summed E-state index contributed by atoms with van der Waals surface area (Å²) in [4.78, 5) is 0. The van der Waals surface area contributed by atoms with Gasteiger partial charge in [0, 0.05) is 5.92 Å². The zero-order chi connectivity index (χ0) is 9.79. The summed E-state index contributed by atoms with van der Waals surface area (Å²) in [6, 6.07) is 0. The zero-order valence-corrected chi connectivity index (χ0v) is 8.77. The van der Waals surface area contributed by atoms with E-state index < -0.39 is 0 Å². The molecule has 1 spiro atoms. The van der Waals surface area contributed by atoms with Gasteiger partial charge < -0.3 is 15.2 Å². The maximum atomic E-state index is 6.68. The van der Waals surface area contributed by atoms with Gasteiger partial charge >= 0.3 is 0 Å². The van der Waals surface area contributed by atoms with E-state index in [4.69, 9.17) is 15.2 Å². The monoisotopic (exact) mass is 205 g/mol. The Labute approximate surface area is 88.3 Å². The summed E-state index contributed by atoms with van der Waals surface area (Å²) in [7, 11) is 0. The first-order valence-electron chi connectivity index (χ1n) is 6.26. The van der Waals surface area contributed by atoms with E-state index in [0.29, 0.717) is 11.3 Å². The van der Waals surface area contributed by atoms with Crippen molar-refractivity contribution in [2.24, 2.45) is 46.7 Å². The second kappa shape index (κ2) is 1.45. The molecule has 2 N–H and O–H groups in total. The van der Waals surface area contributed by atoms with Crippen LogP contribution in [0.3, 0.4) is 0 Å². The summed E-state index contributed by atoms with van der Waals surface area (Å²) in [5.41, 5.74) is 7.27. The van der Waals surface area contributed by atoms with Crippen molar-refractivity contribution >= 4 is 0 Å². The summed E-state index contributed by atoms with van der Waals surface area (Å²) in [5, 5.41) is 0. The third-order valence-corrected chi connectivity index (χ3v) is 7.34. The molecule has 3 nitrogen and oxygen atoms in total. The molecule has 1 aliphatic heterocycles. The maximum absolute atomic E-state index is 6.68. The second-order valence-corrected chi connectivity index (χ2v) is 6.82. The standard InChI is InChI=1S/C12H15NO2/c1-10-4-7-5(10)9-6(10)8(4)11(7,13)12(9)14-2-3-15-12/h4-9H,2-3,13H2,1H3/t4?,5-,6-,7-,8-,9?,10?,11?/m0/s1. The Morgan fingerprint density at radius 2 is 1.47 bits per heavy atom. The van der Waals surface area contributed by atoms with Crippen LogP contribution >= 0.6 is 0 Å². The highest BCUT2D eigenvalue weighted by atomic mass is 16.7. The van der Waals surface area contributed by atoms with E-state index >= 15 is 0 Å². The predicted molar refractivity (Wildman–Crippen MR) is 50.6 cm³/mol. The lowest BCUT2D eigenvalue weighted by Crippen LogP contribution is -2.94. The molecule has 0 aromatic rings. The molecule has 15 heavy (non-hydrogen) atoms. The molecule has 3 heteroatoms. The molecule has 6 saturated carbocycles. The van der Waals surface area contributed by atoms with E-state index in [1.165, 1.54) is 0 Å². The molecular formula is C12H15NO2. The average molecular weight is 205 g/mol. The van der Waals surface area contributed by atoms with Crippen LogP contribution in [0.5, 0.6) is 0 Å². The Kier molecular flexibility index (Phi) is 0.700. The first-order chi connectivity index (χ1) is 7.19. The average Bonchev–Trinajstić information content (AvgIpc) is 2.78. The van der Waals surface area contributed by atoms with E-state index in [1.54, 1.807) is 0 Å². The molecule has 7 aliphatic rings. The highest BCUT2D eigenvalue weighted by Gasteiger charge is 3.07. The lowest BCUT2D eigenvalue weighted by Gasteiger charge is -2.91. The second-order valence-electron chi connectivity index (χ2n) is 6.82. The van der Waals surface area contributed by atoms with Gasteiger partial charge in [0.25, 0.3) is 0 Å². The molecule has 0 radical (unpaired) electrons. The van der Waals surface area contributed by atoms with E-state index in [0.717, 1.165) is 42.8 Å². The van der Waals surface area contributed by atoms with Crippen molar-refractivity contribution in [3.05, 3.63) is 0 Å². The number of nitrogens with two attached hydrogens (primary N) is 1. The fourth-order valence-electron chi connectivity index (χ4n) is 7.36. The molecule has 7 rings (SSSR count). The fourth-order valence-corrected chi connectivity index (χ4v) is 7.36. The molecular weight excluding hydrogens is 190 g/mol. The first kappa shape index (κ1) is 7.25. The highest BCUT2D eigenvalue weighted by Crippen LogP contribution is 3.02. The van der Waals surface area contributed by atoms with Crippen LogP contribution in [0.2, 0.25) is 0 Å². The quantitative estimate of drug-likeness (QED) is 0.614. The summed E-state index contributed by atoms with van der Waals surface area (Å²) >= 11 is 0. The van der Waals surface area contributed by atoms with Crippen LogP contribution < -0.4 is 5.73 Å². The Hall–Kier alpha value is -0.120. The van der Waals surface area contributed by atoms with Crippen LogP contribution in [-0.4, -0.2) is 24.5 Å². The molecule has 1 saturated heterocycles. The van der Waals surface area contributed by atoms with Crippen molar-refractivity contribution in [3.63, 3.8) is 0 Å². The van der Waals surface area contributed by atoms with Gasteiger partial charge in [0.2, 0.25) is 0 Å². The van der Waals surface area contributed by atoms with Gasteiger partial charge in [0.1, 0.15) is 0 Å². The van der Waals surface area contributed by atoms with Crippen LogP contribution in [0, 0.1) is 40.9 Å². The first-order valence-corrected chi connectivity index (χ1v) is 6.26. The lowest BCUT2D eigenvalue weighted by molar-refractivity contribution is -0.444. The summed E-state index contributed by atoms with van der Waals surface area (Å²) < 4.78 is 12.0. The zero-order valence-electron chi connectivity index (χ0n) is 8.77. The molecule has 0 aromatic heterocycles. The molecule has 0 unspecified atom stereocenters. The lowest BCUT2D eigenvalue weighted by atomic mass is 9.12. The van der Waals surface area contributed by atoms with Gasteiger partial charge in [-0.25, -0.2) is 0 Å². The third-order valence-electron chi connectivity index (χ3n) is 7.34. The van der Waals surface area contributed by atoms with Gasteiger partial charge in [0.05, 0.1) is 18.8 Å². The van der Waals surface area contributed by atoms with E-state index in [9.17, 15) is 0 Å². The van der Waals surface area contributed by atoms with Gasteiger partial charge in [-0.1, -0.05) is 6.92 Å². The summed E-state index contributed by atoms with van der Waals surface area (Å²) in [6.07, 6.45) is 0. The van der Waals surface area contributed by atoms with Crippen LogP contribution in [0.4, 0.5) is 0 Å². The molecule has 2 bridgehead atoms. The van der Waals surface area contributed by atoms with Gasteiger partial charge in [-0.2, -0.15) is 0 Å². The van der Waals surface area contributed by atoms with Crippen molar-refractivity contribution < 1.29 is 9.47 Å². The predicted octanol–water partition coefficient (Wildman–Crippen LogP) is 0.198. The topological polar surface area (TPSA) is 44.5 Å². The van der Waals surface area contributed by atoms with Crippen molar-refractivity contribution in [2.75, 3.05) is 13.2 Å². The largest absolute Gasteiger partial charge is 0.345 e.